The summed E-state index contributed by atoms with van der Waals surface area (Å²) in [4.78, 5) is 49.6. The Bertz CT molecular complexity index is 1550. The molecule has 5 heterocycles. The summed E-state index contributed by atoms with van der Waals surface area (Å²) in [5.74, 6) is 1.18. The van der Waals surface area contributed by atoms with Crippen LogP contribution in [0.15, 0.2) is 42.5 Å². The van der Waals surface area contributed by atoms with Crippen LogP contribution in [0.3, 0.4) is 0 Å². The van der Waals surface area contributed by atoms with Gasteiger partial charge in [-0.05, 0) is 62.9 Å². The molecule has 0 bridgehead atoms. The van der Waals surface area contributed by atoms with Gasteiger partial charge < -0.3 is 33.9 Å². The minimum Gasteiger partial charge on any atom is -0.454 e. The van der Waals surface area contributed by atoms with E-state index in [1.165, 1.54) is 0 Å². The van der Waals surface area contributed by atoms with Crippen LogP contribution in [0.1, 0.15) is 56.5 Å². The molecule has 4 aliphatic rings. The molecule has 2 atom stereocenters. The highest BCUT2D eigenvalue weighted by Crippen LogP contribution is 2.45. The highest BCUT2D eigenvalue weighted by Gasteiger charge is 2.50. The van der Waals surface area contributed by atoms with Gasteiger partial charge in [-0.15, -0.1) is 0 Å². The summed E-state index contributed by atoms with van der Waals surface area (Å²) in [6, 6.07) is 12.6. The van der Waals surface area contributed by atoms with E-state index in [2.05, 4.69) is 11.1 Å². The molecule has 7 rings (SSSR count). The lowest BCUT2D eigenvalue weighted by molar-refractivity contribution is -0.161. The number of hydrogen-bond donors (Lipinski definition) is 1. The molecule has 0 spiro atoms. The van der Waals surface area contributed by atoms with Gasteiger partial charge in [0.05, 0.1) is 6.04 Å². The number of aromatic nitrogens is 1. The van der Waals surface area contributed by atoms with Gasteiger partial charge >= 0.3 is 6.09 Å². The molecule has 3 amide bonds. The summed E-state index contributed by atoms with van der Waals surface area (Å²) >= 11 is 0. The van der Waals surface area contributed by atoms with Crippen LogP contribution in [0.25, 0.3) is 10.9 Å². The number of fused-ring (bicyclic) bond motifs is 5. The fourth-order valence-electron chi connectivity index (χ4n) is 6.71. The topological polar surface area (TPSA) is 104 Å². The quantitative estimate of drug-likeness (QED) is 0.510. The predicted molar refractivity (Wildman–Crippen MR) is 150 cm³/mol. The molecule has 0 aliphatic carbocycles. The summed E-state index contributed by atoms with van der Waals surface area (Å²) in [7, 11) is 0. The van der Waals surface area contributed by atoms with E-state index >= 15 is 0 Å². The van der Waals surface area contributed by atoms with Crippen molar-refractivity contribution in [2.45, 2.75) is 63.8 Å². The van der Waals surface area contributed by atoms with E-state index < -0.39 is 17.7 Å². The second-order valence-electron chi connectivity index (χ2n) is 12.3. The van der Waals surface area contributed by atoms with Crippen LogP contribution in [0.5, 0.6) is 11.5 Å². The standard InChI is InChI=1S/C31H34N4O6/c1-31(2,3)41-30(38)33-12-10-19(11-13-33)34-16-26(36)35-23(29(34)37)15-21-20-6-4-5-7-22(20)32-27(21)28(35)18-8-9-24-25(14-18)40-17-39-24/h4-9,14,19,23,28,32H,10-13,15-17H2,1-3H3. The number of ether oxygens (including phenoxy) is 3. The third-order valence-electron chi connectivity index (χ3n) is 8.56. The fourth-order valence-corrected chi connectivity index (χ4v) is 6.71. The SMILES string of the molecule is CC(C)(C)OC(=O)N1CCC(N2CC(=O)N3C(Cc4c([nH]c5ccccc45)C3c3ccc4c(c3)OCO4)C2=O)CC1. The molecule has 4 aliphatic heterocycles. The van der Waals surface area contributed by atoms with Gasteiger partial charge in [-0.1, -0.05) is 24.3 Å². The van der Waals surface area contributed by atoms with Crippen molar-refractivity contribution in [1.82, 2.24) is 19.7 Å². The summed E-state index contributed by atoms with van der Waals surface area (Å²) < 4.78 is 16.7. The second-order valence-corrected chi connectivity index (χ2v) is 12.3. The second kappa shape index (κ2) is 9.43. The zero-order chi connectivity index (χ0) is 28.5. The first-order valence-electron chi connectivity index (χ1n) is 14.3. The normalized spacial score (nSPS) is 22.7. The molecule has 0 saturated carbocycles. The first-order chi connectivity index (χ1) is 19.7. The van der Waals surface area contributed by atoms with Crippen LogP contribution >= 0.6 is 0 Å². The molecule has 2 fully saturated rings. The van der Waals surface area contributed by atoms with Gasteiger partial charge in [0.15, 0.2) is 11.5 Å². The van der Waals surface area contributed by atoms with Crippen molar-refractivity contribution < 1.29 is 28.6 Å². The molecule has 2 unspecified atom stereocenters. The Labute approximate surface area is 238 Å². The lowest BCUT2D eigenvalue weighted by Crippen LogP contribution is -2.65. The van der Waals surface area contributed by atoms with Crippen molar-refractivity contribution in [2.24, 2.45) is 0 Å². The number of piperidine rings is 1. The first-order valence-corrected chi connectivity index (χ1v) is 14.3. The maximum atomic E-state index is 14.2. The van der Waals surface area contributed by atoms with Crippen molar-refractivity contribution >= 4 is 28.8 Å². The van der Waals surface area contributed by atoms with Crippen molar-refractivity contribution in [1.29, 1.82) is 0 Å². The summed E-state index contributed by atoms with van der Waals surface area (Å²) in [6.07, 6.45) is 1.32. The molecule has 2 aromatic carbocycles. The Balaban J connectivity index is 1.20. The fraction of sp³-hybridized carbons (Fsp3) is 0.452. The number of para-hydroxylation sites is 1. The van der Waals surface area contributed by atoms with E-state index in [0.717, 1.165) is 27.7 Å². The summed E-state index contributed by atoms with van der Waals surface area (Å²) in [5.41, 5.74) is 3.28. The summed E-state index contributed by atoms with van der Waals surface area (Å²) in [6.45, 7) is 6.69. The van der Waals surface area contributed by atoms with E-state index in [-0.39, 0.29) is 37.3 Å². The number of aromatic amines is 1. The number of H-pyrrole nitrogens is 1. The van der Waals surface area contributed by atoms with E-state index in [0.29, 0.717) is 43.9 Å². The third-order valence-corrected chi connectivity index (χ3v) is 8.56. The number of nitrogens with zero attached hydrogens (tertiary/aromatic N) is 3. The van der Waals surface area contributed by atoms with Crippen LogP contribution in [0, 0.1) is 0 Å². The number of benzene rings is 2. The Kier molecular flexibility index (Phi) is 5.92. The van der Waals surface area contributed by atoms with Crippen LogP contribution in [-0.4, -0.2) is 81.7 Å². The Morgan fingerprint density at radius 3 is 2.56 bits per heavy atom. The average molecular weight is 559 g/mol. The molecule has 41 heavy (non-hydrogen) atoms. The monoisotopic (exact) mass is 558 g/mol. The highest BCUT2D eigenvalue weighted by atomic mass is 16.7. The van der Waals surface area contributed by atoms with E-state index in [1.807, 2.05) is 57.2 Å². The Morgan fingerprint density at radius 2 is 1.78 bits per heavy atom. The minimum atomic E-state index is -0.623. The number of rotatable bonds is 2. The number of hydrogen-bond acceptors (Lipinski definition) is 6. The zero-order valence-corrected chi connectivity index (χ0v) is 23.5. The van der Waals surface area contributed by atoms with Gasteiger partial charge in [-0.25, -0.2) is 4.79 Å². The molecule has 10 heteroatoms. The molecular weight excluding hydrogens is 524 g/mol. The molecule has 10 nitrogen and oxygen atoms in total. The maximum Gasteiger partial charge on any atom is 0.410 e. The number of piperazine rings is 1. The highest BCUT2D eigenvalue weighted by molar-refractivity contribution is 5.98. The zero-order valence-electron chi connectivity index (χ0n) is 23.5. The Morgan fingerprint density at radius 1 is 1.02 bits per heavy atom. The van der Waals surface area contributed by atoms with E-state index in [9.17, 15) is 14.4 Å². The van der Waals surface area contributed by atoms with Crippen molar-refractivity contribution in [3.63, 3.8) is 0 Å². The third kappa shape index (κ3) is 4.36. The van der Waals surface area contributed by atoms with Crippen molar-refractivity contribution in [3.05, 3.63) is 59.3 Å². The van der Waals surface area contributed by atoms with E-state index in [4.69, 9.17) is 14.2 Å². The minimum absolute atomic E-state index is 0.0169. The summed E-state index contributed by atoms with van der Waals surface area (Å²) in [5, 5.41) is 1.07. The van der Waals surface area contributed by atoms with Crippen LogP contribution in [-0.2, 0) is 20.7 Å². The van der Waals surface area contributed by atoms with Crippen molar-refractivity contribution in [3.8, 4) is 11.5 Å². The number of likely N-dealkylation sites (tertiary alicyclic amines) is 1. The van der Waals surface area contributed by atoms with Crippen LogP contribution in [0.2, 0.25) is 0 Å². The number of amides is 3. The van der Waals surface area contributed by atoms with Crippen LogP contribution in [0.4, 0.5) is 4.79 Å². The average Bonchev–Trinajstić information content (AvgIpc) is 3.57. The van der Waals surface area contributed by atoms with Gasteiger partial charge in [0.2, 0.25) is 18.6 Å². The largest absolute Gasteiger partial charge is 0.454 e. The lowest BCUT2D eigenvalue weighted by Gasteiger charge is -2.49. The lowest BCUT2D eigenvalue weighted by atomic mass is 9.85. The van der Waals surface area contributed by atoms with Gasteiger partial charge in [0.25, 0.3) is 0 Å². The smallest absolute Gasteiger partial charge is 0.410 e. The number of nitrogens with one attached hydrogen (secondary N) is 1. The van der Waals surface area contributed by atoms with Crippen LogP contribution < -0.4 is 9.47 Å². The molecule has 1 N–H and O–H groups in total. The molecule has 214 valence electrons. The number of carbonyl (C=O) groups is 3. The molecule has 3 aromatic rings. The maximum absolute atomic E-state index is 14.2. The molecule has 1 aromatic heterocycles. The Hall–Kier alpha value is -4.21. The van der Waals surface area contributed by atoms with E-state index in [1.54, 1.807) is 14.7 Å². The van der Waals surface area contributed by atoms with Gasteiger partial charge in [-0.3, -0.25) is 9.59 Å². The van der Waals surface area contributed by atoms with Crippen molar-refractivity contribution in [2.75, 3.05) is 26.4 Å². The molecule has 2 saturated heterocycles. The predicted octanol–water partition coefficient (Wildman–Crippen LogP) is 3.98. The van der Waals surface area contributed by atoms with Gasteiger partial charge in [0, 0.05) is 42.1 Å². The van der Waals surface area contributed by atoms with Gasteiger partial charge in [-0.2, -0.15) is 0 Å². The molecule has 0 radical (unpaired) electrons. The van der Waals surface area contributed by atoms with Gasteiger partial charge in [0.1, 0.15) is 18.2 Å². The number of carbonyl (C=O) groups excluding carboxylic acids is 3. The molecular formula is C31H34N4O6. The first kappa shape index (κ1) is 25.7.